The fourth-order valence-electron chi connectivity index (χ4n) is 1.81. The van der Waals surface area contributed by atoms with Crippen molar-refractivity contribution in [3.8, 4) is 0 Å². The molecule has 1 atom stereocenters. The first-order valence-corrected chi connectivity index (χ1v) is 6.07. The fraction of sp³-hybridized carbons (Fsp3) is 0.214. The molecule has 1 aromatic heterocycles. The van der Waals surface area contributed by atoms with Crippen LogP contribution in [0.2, 0.25) is 5.02 Å². The van der Waals surface area contributed by atoms with E-state index < -0.39 is 0 Å². The van der Waals surface area contributed by atoms with E-state index in [9.17, 15) is 4.79 Å². The number of nitrogens with zero attached hydrogens (tertiary/aromatic N) is 2. The van der Waals surface area contributed by atoms with E-state index in [1.165, 1.54) is 0 Å². The van der Waals surface area contributed by atoms with Gasteiger partial charge < -0.3 is 0 Å². The first-order valence-electron chi connectivity index (χ1n) is 5.69. The second-order valence-electron chi connectivity index (χ2n) is 4.14. The number of aromatic nitrogens is 2. The highest BCUT2D eigenvalue weighted by Gasteiger charge is 2.18. The van der Waals surface area contributed by atoms with Crippen LogP contribution in [0.3, 0.4) is 0 Å². The number of rotatable bonds is 4. The molecular formula is C14H13ClN2O. The summed E-state index contributed by atoms with van der Waals surface area (Å²) >= 11 is 5.84. The average Bonchev–Trinajstić information content (AvgIpc) is 2.38. The summed E-state index contributed by atoms with van der Waals surface area (Å²) in [4.78, 5) is 11.7. The van der Waals surface area contributed by atoms with Gasteiger partial charge in [-0.3, -0.25) is 4.79 Å². The Kier molecular flexibility index (Phi) is 4.05. The van der Waals surface area contributed by atoms with Gasteiger partial charge in [0, 0.05) is 11.2 Å². The maximum atomic E-state index is 11.7. The van der Waals surface area contributed by atoms with E-state index in [0.29, 0.717) is 17.1 Å². The summed E-state index contributed by atoms with van der Waals surface area (Å²) < 4.78 is 0. The molecular weight excluding hydrogens is 248 g/mol. The molecule has 1 unspecified atom stereocenters. The third kappa shape index (κ3) is 3.14. The number of benzene rings is 1. The van der Waals surface area contributed by atoms with E-state index in [4.69, 9.17) is 11.6 Å². The summed E-state index contributed by atoms with van der Waals surface area (Å²) in [7, 11) is 0. The number of Topliss-reactive ketones (excluding diaryl/α,β-unsaturated/α-hetero) is 1. The molecule has 0 N–H and O–H groups in total. The van der Waals surface area contributed by atoms with E-state index in [1.54, 1.807) is 19.2 Å². The van der Waals surface area contributed by atoms with Crippen molar-refractivity contribution in [3.05, 3.63) is 58.9 Å². The van der Waals surface area contributed by atoms with Crippen LogP contribution in [0.1, 0.15) is 24.1 Å². The lowest BCUT2D eigenvalue weighted by Crippen LogP contribution is -2.14. The number of halogens is 1. The lowest BCUT2D eigenvalue weighted by molar-refractivity contribution is -0.118. The molecule has 0 aliphatic rings. The Labute approximate surface area is 111 Å². The molecule has 1 heterocycles. The van der Waals surface area contributed by atoms with Gasteiger partial charge in [0.15, 0.2) is 0 Å². The molecule has 0 radical (unpaired) electrons. The second kappa shape index (κ2) is 5.74. The predicted molar refractivity (Wildman–Crippen MR) is 70.6 cm³/mol. The van der Waals surface area contributed by atoms with Crippen LogP contribution in [0.25, 0.3) is 0 Å². The monoisotopic (exact) mass is 260 g/mol. The zero-order valence-electron chi connectivity index (χ0n) is 10.0. The molecule has 0 amide bonds. The lowest BCUT2D eigenvalue weighted by Gasteiger charge is -2.12. The first kappa shape index (κ1) is 12.7. The van der Waals surface area contributed by atoms with Crippen molar-refractivity contribution in [2.24, 2.45) is 0 Å². The fourth-order valence-corrected chi connectivity index (χ4v) is 1.94. The van der Waals surface area contributed by atoms with Crippen LogP contribution in [0.15, 0.2) is 42.6 Å². The Morgan fingerprint density at radius 3 is 2.56 bits per heavy atom. The van der Waals surface area contributed by atoms with Gasteiger partial charge in [0.2, 0.25) is 0 Å². The molecule has 0 bridgehead atoms. The van der Waals surface area contributed by atoms with Gasteiger partial charge in [0.1, 0.15) is 5.78 Å². The van der Waals surface area contributed by atoms with Gasteiger partial charge in [-0.05, 0) is 43.2 Å². The van der Waals surface area contributed by atoms with Crippen LogP contribution in [0, 0.1) is 0 Å². The quantitative estimate of drug-likeness (QED) is 0.849. The van der Waals surface area contributed by atoms with Gasteiger partial charge in [-0.1, -0.05) is 23.7 Å². The van der Waals surface area contributed by atoms with Gasteiger partial charge in [-0.2, -0.15) is 10.2 Å². The van der Waals surface area contributed by atoms with E-state index >= 15 is 0 Å². The van der Waals surface area contributed by atoms with Crippen LogP contribution >= 0.6 is 11.6 Å². The molecule has 0 saturated carbocycles. The Morgan fingerprint density at radius 2 is 2.00 bits per heavy atom. The van der Waals surface area contributed by atoms with Gasteiger partial charge in [0.25, 0.3) is 0 Å². The molecule has 0 fully saturated rings. The van der Waals surface area contributed by atoms with Crippen molar-refractivity contribution in [3.63, 3.8) is 0 Å². The minimum absolute atomic E-state index is 0.0884. The minimum Gasteiger partial charge on any atom is -0.299 e. The maximum absolute atomic E-state index is 11.7. The second-order valence-corrected chi connectivity index (χ2v) is 4.58. The smallest absolute Gasteiger partial charge is 0.139 e. The van der Waals surface area contributed by atoms with Gasteiger partial charge in [-0.25, -0.2) is 0 Å². The Balaban J connectivity index is 2.22. The van der Waals surface area contributed by atoms with E-state index in [1.807, 2.05) is 30.3 Å². The zero-order chi connectivity index (χ0) is 13.0. The molecule has 2 aromatic rings. The highest BCUT2D eigenvalue weighted by atomic mass is 35.5. The summed E-state index contributed by atoms with van der Waals surface area (Å²) in [5.41, 5.74) is 1.77. The van der Waals surface area contributed by atoms with Gasteiger partial charge in [0.05, 0.1) is 11.6 Å². The summed E-state index contributed by atoms with van der Waals surface area (Å²) in [6.45, 7) is 1.58. The summed E-state index contributed by atoms with van der Waals surface area (Å²) in [6.07, 6.45) is 2.22. The van der Waals surface area contributed by atoms with Crippen LogP contribution < -0.4 is 0 Å². The molecule has 0 aliphatic carbocycles. The maximum Gasteiger partial charge on any atom is 0.139 e. The van der Waals surface area contributed by atoms with E-state index in [-0.39, 0.29) is 11.7 Å². The SMILES string of the molecule is CC(=O)C(Cc1ccc(Cl)cc1)c1cccnn1. The highest BCUT2D eigenvalue weighted by Crippen LogP contribution is 2.20. The third-order valence-electron chi connectivity index (χ3n) is 2.79. The van der Waals surface area contributed by atoms with Crippen molar-refractivity contribution < 1.29 is 4.79 Å². The Bertz CT molecular complexity index is 525. The van der Waals surface area contributed by atoms with Crippen LogP contribution in [-0.2, 0) is 11.2 Å². The van der Waals surface area contributed by atoms with Crippen molar-refractivity contribution in [1.29, 1.82) is 0 Å². The lowest BCUT2D eigenvalue weighted by atomic mass is 9.93. The molecule has 0 saturated heterocycles. The molecule has 1 aromatic carbocycles. The van der Waals surface area contributed by atoms with E-state index in [2.05, 4.69) is 10.2 Å². The molecule has 18 heavy (non-hydrogen) atoms. The summed E-state index contributed by atoms with van der Waals surface area (Å²) in [5, 5.41) is 8.53. The highest BCUT2D eigenvalue weighted by molar-refractivity contribution is 6.30. The molecule has 92 valence electrons. The average molecular weight is 261 g/mol. The largest absolute Gasteiger partial charge is 0.299 e. The third-order valence-corrected chi connectivity index (χ3v) is 3.05. The number of carbonyl (C=O) groups is 1. The summed E-state index contributed by atoms with van der Waals surface area (Å²) in [5.74, 6) is -0.162. The number of hydrogen-bond donors (Lipinski definition) is 0. The standard InChI is InChI=1S/C14H13ClN2O/c1-10(18)13(14-3-2-8-16-17-14)9-11-4-6-12(15)7-5-11/h2-8,13H,9H2,1H3. The van der Waals surface area contributed by atoms with Crippen molar-refractivity contribution in [2.45, 2.75) is 19.3 Å². The van der Waals surface area contributed by atoms with Crippen molar-refractivity contribution in [2.75, 3.05) is 0 Å². The number of ketones is 1. The molecule has 4 heteroatoms. The van der Waals surface area contributed by atoms with Gasteiger partial charge >= 0.3 is 0 Å². The molecule has 3 nitrogen and oxygen atoms in total. The van der Waals surface area contributed by atoms with Crippen LogP contribution in [0.4, 0.5) is 0 Å². The molecule has 2 rings (SSSR count). The molecule has 0 aliphatic heterocycles. The van der Waals surface area contributed by atoms with Crippen LogP contribution in [-0.4, -0.2) is 16.0 Å². The van der Waals surface area contributed by atoms with Gasteiger partial charge in [-0.15, -0.1) is 0 Å². The predicted octanol–water partition coefficient (Wildman–Crippen LogP) is 3.05. The van der Waals surface area contributed by atoms with E-state index in [0.717, 1.165) is 5.56 Å². The Hall–Kier alpha value is -1.74. The van der Waals surface area contributed by atoms with Crippen LogP contribution in [0.5, 0.6) is 0 Å². The minimum atomic E-state index is -0.250. The Morgan fingerprint density at radius 1 is 1.28 bits per heavy atom. The number of carbonyl (C=O) groups excluding carboxylic acids is 1. The zero-order valence-corrected chi connectivity index (χ0v) is 10.8. The normalized spacial score (nSPS) is 12.1. The van der Waals surface area contributed by atoms with Crippen molar-refractivity contribution in [1.82, 2.24) is 10.2 Å². The first-order chi connectivity index (χ1) is 8.66. The number of hydrogen-bond acceptors (Lipinski definition) is 3. The topological polar surface area (TPSA) is 42.9 Å². The summed E-state index contributed by atoms with van der Waals surface area (Å²) in [6, 6.07) is 11.1. The molecule has 0 spiro atoms. The van der Waals surface area contributed by atoms with Crippen molar-refractivity contribution >= 4 is 17.4 Å².